The monoisotopic (exact) mass is 325 g/mol. The molecule has 0 aromatic rings. The van der Waals surface area contributed by atoms with Crippen molar-refractivity contribution in [2.75, 3.05) is 0 Å². The molecule has 0 aliphatic rings. The van der Waals surface area contributed by atoms with E-state index in [-0.39, 0.29) is 104 Å². The molecular formula is H7CoNiO7Y. The first-order chi connectivity index (χ1) is 0. The van der Waals surface area contributed by atoms with Crippen molar-refractivity contribution in [3.8, 4) is 0 Å². The molecular weight excluding hydrogens is 319 g/mol. The van der Waals surface area contributed by atoms with Crippen molar-refractivity contribution in [3.05, 3.63) is 0 Å². The van der Waals surface area contributed by atoms with E-state index >= 15 is 0 Å². The second-order valence-corrected chi connectivity index (χ2v) is 0. The molecule has 10 heavy (non-hydrogen) atoms. The summed E-state index contributed by atoms with van der Waals surface area (Å²) in [7, 11) is 0. The second kappa shape index (κ2) is 314. The van der Waals surface area contributed by atoms with E-state index in [9.17, 15) is 0 Å². The average molecular weight is 326 g/mol. The van der Waals surface area contributed by atoms with Crippen molar-refractivity contribution < 1.29 is 104 Å². The van der Waals surface area contributed by atoms with Crippen LogP contribution in [-0.4, -0.2) is 38.3 Å². The molecule has 0 aromatic heterocycles. The van der Waals surface area contributed by atoms with Crippen LogP contribution in [-0.2, 0) is 66.0 Å². The summed E-state index contributed by atoms with van der Waals surface area (Å²) in [6.07, 6.45) is 0. The van der Waals surface area contributed by atoms with Gasteiger partial charge in [0.05, 0.1) is 0 Å². The van der Waals surface area contributed by atoms with Gasteiger partial charge in [-0.1, -0.05) is 0 Å². The molecule has 0 heterocycles. The van der Waals surface area contributed by atoms with E-state index in [1.165, 1.54) is 0 Å². The minimum Gasteiger partial charge on any atom is -0.870 e. The molecule has 0 aromatic carbocycles. The smallest absolute Gasteiger partial charge is 0.870 e. The first-order valence-electron chi connectivity index (χ1n) is 0. The molecule has 0 bridgehead atoms. The molecule has 0 atom stereocenters. The third kappa shape index (κ3) is 230. The number of hydrogen-bond acceptors (Lipinski definition) is 7. The van der Waals surface area contributed by atoms with Gasteiger partial charge in [0, 0.05) is 0 Å². The quantitative estimate of drug-likeness (QED) is 0.493. The van der Waals surface area contributed by atoms with E-state index < -0.39 is 0 Å². The summed E-state index contributed by atoms with van der Waals surface area (Å²) in [5.74, 6) is 0. The Morgan fingerprint density at radius 1 is 0.400 bits per heavy atom. The Labute approximate surface area is 103 Å². The first kappa shape index (κ1) is 416. The average Bonchev–Trinajstić information content (AvgIpc) is 0. The van der Waals surface area contributed by atoms with Gasteiger partial charge >= 0.3 is 66.0 Å². The molecule has 0 saturated carbocycles. The van der Waals surface area contributed by atoms with Gasteiger partial charge in [0.2, 0.25) is 0 Å². The zero-order valence-electron chi connectivity index (χ0n) is 4.36. The maximum absolute atomic E-state index is 0. The van der Waals surface area contributed by atoms with Crippen LogP contribution in [0.1, 0.15) is 0 Å². The Kier molecular flexibility index (Phi) is 13100. The Morgan fingerprint density at radius 2 is 0.400 bits per heavy atom. The van der Waals surface area contributed by atoms with Gasteiger partial charge in [-0.3, -0.25) is 0 Å². The largest absolute Gasteiger partial charge is 3.00 e. The van der Waals surface area contributed by atoms with Gasteiger partial charge in [-0.2, -0.15) is 0 Å². The van der Waals surface area contributed by atoms with Crippen molar-refractivity contribution in [1.29, 1.82) is 0 Å². The molecule has 0 rings (SSSR count). The summed E-state index contributed by atoms with van der Waals surface area (Å²) in [6.45, 7) is 0. The minimum absolute atomic E-state index is 0. The third-order valence-corrected chi connectivity index (χ3v) is 0. The summed E-state index contributed by atoms with van der Waals surface area (Å²) in [5.41, 5.74) is 0. The van der Waals surface area contributed by atoms with Gasteiger partial charge in [0.1, 0.15) is 0 Å². The fourth-order valence-corrected chi connectivity index (χ4v) is 0. The molecule has 7 nitrogen and oxygen atoms in total. The Hall–Kier alpha value is 1.82. The predicted molar refractivity (Wildman–Crippen MR) is 13.6 cm³/mol. The maximum atomic E-state index is 0. The van der Waals surface area contributed by atoms with Gasteiger partial charge in [-0.05, 0) is 0 Å². The molecule has 0 unspecified atom stereocenters. The van der Waals surface area contributed by atoms with Gasteiger partial charge in [-0.25, -0.2) is 0 Å². The van der Waals surface area contributed by atoms with E-state index in [4.69, 9.17) is 0 Å². The molecule has 0 fully saturated rings. The van der Waals surface area contributed by atoms with E-state index in [1.807, 2.05) is 0 Å². The van der Waals surface area contributed by atoms with Crippen molar-refractivity contribution in [3.63, 3.8) is 0 Å². The normalized spacial score (nSPS) is 0. The van der Waals surface area contributed by atoms with Crippen LogP contribution >= 0.6 is 0 Å². The molecule has 0 saturated heterocycles. The van der Waals surface area contributed by atoms with Crippen LogP contribution in [0.5, 0.6) is 0 Å². The zero-order chi connectivity index (χ0) is 0. The number of hydrogen-bond donors (Lipinski definition) is 0. The van der Waals surface area contributed by atoms with Gasteiger partial charge < -0.3 is 38.3 Å². The number of rotatable bonds is 0. The van der Waals surface area contributed by atoms with Gasteiger partial charge in [0.25, 0.3) is 0 Å². The van der Waals surface area contributed by atoms with E-state index in [0.717, 1.165) is 0 Å². The first-order valence-corrected chi connectivity index (χ1v) is 0. The molecule has 1 radical (unpaired) electrons. The summed E-state index contributed by atoms with van der Waals surface area (Å²) < 4.78 is 0. The Balaban J connectivity index is 0. The molecule has 7 N–H and O–H groups in total. The van der Waals surface area contributed by atoms with Crippen molar-refractivity contribution in [2.45, 2.75) is 0 Å². The molecule has 0 aliphatic heterocycles. The van der Waals surface area contributed by atoms with E-state index in [1.54, 1.807) is 0 Å². The van der Waals surface area contributed by atoms with Crippen molar-refractivity contribution >= 4 is 0 Å². The zero-order valence-corrected chi connectivity index (χ0v) is 9.22. The molecule has 0 aliphatic carbocycles. The summed E-state index contributed by atoms with van der Waals surface area (Å²) in [4.78, 5) is 0. The fourth-order valence-electron chi connectivity index (χ4n) is 0. The SMILES string of the molecule is [Co+2].[Ni+2].[OH-].[OH-].[OH-].[OH-].[OH-].[OH-].[OH-].[Y+3]. The fraction of sp³-hybridized carbons (Fsp3) is 0. The van der Waals surface area contributed by atoms with Crippen LogP contribution in [0.25, 0.3) is 0 Å². The van der Waals surface area contributed by atoms with Crippen LogP contribution in [0.15, 0.2) is 0 Å². The molecule has 0 spiro atoms. The topological polar surface area (TPSA) is 210 Å². The Morgan fingerprint density at radius 3 is 0.400 bits per heavy atom. The Bertz CT molecular complexity index is 13.6. The van der Waals surface area contributed by atoms with Crippen LogP contribution in [0.4, 0.5) is 0 Å². The van der Waals surface area contributed by atoms with Gasteiger partial charge in [0.15, 0.2) is 0 Å². The van der Waals surface area contributed by atoms with Crippen LogP contribution in [0, 0.1) is 0 Å². The van der Waals surface area contributed by atoms with Crippen LogP contribution < -0.4 is 0 Å². The van der Waals surface area contributed by atoms with Crippen molar-refractivity contribution in [1.82, 2.24) is 0 Å². The third-order valence-electron chi connectivity index (χ3n) is 0. The maximum Gasteiger partial charge on any atom is 3.00 e. The second-order valence-electron chi connectivity index (χ2n) is 0. The predicted octanol–water partition coefficient (Wildman–Crippen LogP) is -1.25. The standard InChI is InChI=1S/Co.Ni.7H2O.Y/h;;7*1H2;/q2*+2;;;;;;;;+3/p-7. The molecule has 10 heteroatoms. The van der Waals surface area contributed by atoms with E-state index in [0.29, 0.717) is 0 Å². The van der Waals surface area contributed by atoms with E-state index in [2.05, 4.69) is 0 Å². The van der Waals surface area contributed by atoms with Crippen LogP contribution in [0.2, 0.25) is 0 Å². The minimum atomic E-state index is 0. The molecule has 71 valence electrons. The van der Waals surface area contributed by atoms with Crippen molar-refractivity contribution in [2.24, 2.45) is 0 Å². The summed E-state index contributed by atoms with van der Waals surface area (Å²) in [5, 5.41) is 0. The van der Waals surface area contributed by atoms with Gasteiger partial charge in [-0.15, -0.1) is 0 Å². The van der Waals surface area contributed by atoms with Crippen LogP contribution in [0.3, 0.4) is 0 Å². The molecule has 0 amide bonds. The summed E-state index contributed by atoms with van der Waals surface area (Å²) >= 11 is 0. The summed E-state index contributed by atoms with van der Waals surface area (Å²) in [6, 6.07) is 0.